The van der Waals surface area contributed by atoms with E-state index in [4.69, 9.17) is 4.74 Å². The van der Waals surface area contributed by atoms with Gasteiger partial charge < -0.3 is 9.64 Å². The van der Waals surface area contributed by atoms with Gasteiger partial charge in [-0.1, -0.05) is 18.6 Å². The van der Waals surface area contributed by atoms with E-state index in [1.165, 1.54) is 19.3 Å². The van der Waals surface area contributed by atoms with Crippen molar-refractivity contribution in [3.63, 3.8) is 0 Å². The first-order chi connectivity index (χ1) is 12.7. The molecule has 5 heteroatoms. The van der Waals surface area contributed by atoms with Crippen LogP contribution < -0.4 is 4.74 Å². The highest BCUT2D eigenvalue weighted by Crippen LogP contribution is 2.28. The van der Waals surface area contributed by atoms with Crippen molar-refractivity contribution in [2.45, 2.75) is 32.1 Å². The zero-order chi connectivity index (χ0) is 18.4. The molecule has 0 spiro atoms. The lowest BCUT2D eigenvalue weighted by Gasteiger charge is -2.34. The molecule has 2 saturated heterocycles. The Morgan fingerprint density at radius 1 is 1.12 bits per heavy atom. The van der Waals surface area contributed by atoms with Crippen molar-refractivity contribution in [1.82, 2.24) is 9.80 Å². The zero-order valence-electron chi connectivity index (χ0n) is 15.6. The van der Waals surface area contributed by atoms with E-state index in [1.807, 2.05) is 29.2 Å². The molecule has 2 aliphatic heterocycles. The summed E-state index contributed by atoms with van der Waals surface area (Å²) >= 11 is 0. The molecule has 3 rings (SSSR count). The van der Waals surface area contributed by atoms with Crippen LogP contribution in [0.3, 0.4) is 0 Å². The van der Waals surface area contributed by atoms with E-state index in [0.29, 0.717) is 32.5 Å². The van der Waals surface area contributed by atoms with Crippen molar-refractivity contribution >= 4 is 12.0 Å². The second-order valence-electron chi connectivity index (χ2n) is 7.29. The first-order valence-electron chi connectivity index (χ1n) is 9.67. The van der Waals surface area contributed by atoms with Crippen molar-refractivity contribution < 1.29 is 13.9 Å². The predicted octanol–water partition coefficient (Wildman–Crippen LogP) is 3.73. The van der Waals surface area contributed by atoms with Gasteiger partial charge in [0.05, 0.1) is 13.7 Å². The molecule has 0 saturated carbocycles. The molecule has 0 radical (unpaired) electrons. The lowest BCUT2D eigenvalue weighted by molar-refractivity contribution is -0.134. The molecule has 0 aromatic heterocycles. The van der Waals surface area contributed by atoms with Gasteiger partial charge in [0.1, 0.15) is 11.6 Å². The molecule has 0 unspecified atom stereocenters. The number of carbonyl (C=O) groups is 1. The first-order valence-corrected chi connectivity index (χ1v) is 9.67. The number of piperidine rings is 2. The first kappa shape index (κ1) is 18.9. The van der Waals surface area contributed by atoms with E-state index in [-0.39, 0.29) is 17.7 Å². The number of hydrogen-bond donors (Lipinski definition) is 0. The van der Waals surface area contributed by atoms with Gasteiger partial charge >= 0.3 is 0 Å². The fourth-order valence-corrected chi connectivity index (χ4v) is 3.79. The quantitative estimate of drug-likeness (QED) is 0.802. The zero-order valence-corrected chi connectivity index (χ0v) is 15.6. The Hall–Kier alpha value is -1.88. The summed E-state index contributed by atoms with van der Waals surface area (Å²) in [5.41, 5.74) is 0.840. The van der Waals surface area contributed by atoms with E-state index in [0.717, 1.165) is 24.4 Å². The van der Waals surface area contributed by atoms with Crippen LogP contribution in [0.5, 0.6) is 5.75 Å². The number of allylic oxidation sites excluding steroid dienone is 1. The maximum atomic E-state index is 14.6. The maximum absolute atomic E-state index is 14.6. The number of likely N-dealkylation sites (tertiary alicyclic amines) is 2. The summed E-state index contributed by atoms with van der Waals surface area (Å²) in [6.45, 7) is 3.89. The summed E-state index contributed by atoms with van der Waals surface area (Å²) in [4.78, 5) is 16.6. The largest absolute Gasteiger partial charge is 0.497 e. The number of nitrogens with zero attached hydrogens (tertiary/aromatic N) is 2. The number of rotatable bonds is 5. The van der Waals surface area contributed by atoms with Crippen LogP contribution in [0.4, 0.5) is 4.39 Å². The average molecular weight is 360 g/mol. The smallest absolute Gasteiger partial charge is 0.236 e. The third-order valence-electron chi connectivity index (χ3n) is 5.47. The molecule has 1 aromatic rings. The van der Waals surface area contributed by atoms with Crippen LogP contribution in [0.2, 0.25) is 0 Å². The van der Waals surface area contributed by atoms with Gasteiger partial charge in [-0.05, 0) is 62.5 Å². The number of benzene rings is 1. The standard InChI is InChI=1S/C21H29FN2O2/c1-26-19-7-5-17(6-8-19)15-20(22)18-9-13-24(14-10-18)21(25)16-23-11-3-2-4-12-23/h5-8,15,18H,2-4,9-14,16H2,1H3/b20-15-. The van der Waals surface area contributed by atoms with Crippen molar-refractivity contribution in [3.05, 3.63) is 35.7 Å². The van der Waals surface area contributed by atoms with E-state index in [2.05, 4.69) is 4.90 Å². The Kier molecular flexibility index (Phi) is 6.67. The highest BCUT2D eigenvalue weighted by Gasteiger charge is 2.26. The number of methoxy groups -OCH3 is 1. The average Bonchev–Trinajstić information content (AvgIpc) is 2.69. The summed E-state index contributed by atoms with van der Waals surface area (Å²) in [7, 11) is 1.62. The van der Waals surface area contributed by atoms with Gasteiger partial charge in [0.25, 0.3) is 0 Å². The van der Waals surface area contributed by atoms with Gasteiger partial charge in [0.15, 0.2) is 0 Å². The Morgan fingerprint density at radius 3 is 2.38 bits per heavy atom. The molecule has 142 valence electrons. The molecule has 2 heterocycles. The third kappa shape index (κ3) is 5.07. The Labute approximate surface area is 155 Å². The van der Waals surface area contributed by atoms with Crippen LogP contribution in [0.1, 0.15) is 37.7 Å². The minimum atomic E-state index is -0.0869. The number of halogens is 1. The summed E-state index contributed by atoms with van der Waals surface area (Å²) in [6, 6.07) is 7.38. The van der Waals surface area contributed by atoms with Crippen LogP contribution in [0.25, 0.3) is 6.08 Å². The number of carbonyl (C=O) groups excluding carboxylic acids is 1. The molecule has 26 heavy (non-hydrogen) atoms. The molecule has 1 aromatic carbocycles. The number of ether oxygens (including phenoxy) is 1. The van der Waals surface area contributed by atoms with Crippen LogP contribution in [0.15, 0.2) is 30.1 Å². The van der Waals surface area contributed by atoms with E-state index < -0.39 is 0 Å². The third-order valence-corrected chi connectivity index (χ3v) is 5.47. The normalized spacial score (nSPS) is 20.2. The van der Waals surface area contributed by atoms with Crippen molar-refractivity contribution in [2.24, 2.45) is 5.92 Å². The Bertz CT molecular complexity index is 615. The molecule has 0 N–H and O–H groups in total. The summed E-state index contributed by atoms with van der Waals surface area (Å²) in [6.07, 6.45) is 6.66. The van der Waals surface area contributed by atoms with E-state index in [9.17, 15) is 9.18 Å². The Balaban J connectivity index is 1.48. The fourth-order valence-electron chi connectivity index (χ4n) is 3.79. The maximum Gasteiger partial charge on any atom is 0.236 e. The second kappa shape index (κ2) is 9.17. The van der Waals surface area contributed by atoms with Crippen LogP contribution in [-0.2, 0) is 4.79 Å². The molecule has 0 atom stereocenters. The monoisotopic (exact) mass is 360 g/mol. The minimum absolute atomic E-state index is 0.0849. The molecule has 4 nitrogen and oxygen atoms in total. The summed E-state index contributed by atoms with van der Waals surface area (Å²) in [5, 5.41) is 0. The number of amides is 1. The molecule has 0 bridgehead atoms. The van der Waals surface area contributed by atoms with Gasteiger partial charge in [-0.15, -0.1) is 0 Å². The van der Waals surface area contributed by atoms with Crippen LogP contribution >= 0.6 is 0 Å². The lowest BCUT2D eigenvalue weighted by Crippen LogP contribution is -2.45. The van der Waals surface area contributed by atoms with Gasteiger partial charge in [-0.3, -0.25) is 9.69 Å². The highest BCUT2D eigenvalue weighted by molar-refractivity contribution is 5.78. The topological polar surface area (TPSA) is 32.8 Å². The molecular formula is C21H29FN2O2. The summed E-state index contributed by atoms with van der Waals surface area (Å²) < 4.78 is 19.7. The molecule has 2 aliphatic rings. The van der Waals surface area contributed by atoms with Gasteiger partial charge in [-0.25, -0.2) is 4.39 Å². The van der Waals surface area contributed by atoms with Gasteiger partial charge in [0, 0.05) is 19.0 Å². The Morgan fingerprint density at radius 2 is 1.77 bits per heavy atom. The van der Waals surface area contributed by atoms with E-state index in [1.54, 1.807) is 13.2 Å². The van der Waals surface area contributed by atoms with Gasteiger partial charge in [0.2, 0.25) is 5.91 Å². The minimum Gasteiger partial charge on any atom is -0.497 e. The SMILES string of the molecule is COc1ccc(/C=C(\F)C2CCN(C(=O)CN3CCCCC3)CC2)cc1. The van der Waals surface area contributed by atoms with Crippen molar-refractivity contribution in [3.8, 4) is 5.75 Å². The second-order valence-corrected chi connectivity index (χ2v) is 7.29. The van der Waals surface area contributed by atoms with Crippen LogP contribution in [-0.4, -0.2) is 55.5 Å². The predicted molar refractivity (Wildman–Crippen MR) is 102 cm³/mol. The molecule has 1 amide bonds. The van der Waals surface area contributed by atoms with Crippen molar-refractivity contribution in [1.29, 1.82) is 0 Å². The molecule has 2 fully saturated rings. The van der Waals surface area contributed by atoms with E-state index >= 15 is 0 Å². The molecule has 0 aliphatic carbocycles. The number of hydrogen-bond acceptors (Lipinski definition) is 3. The van der Waals surface area contributed by atoms with Crippen LogP contribution in [0, 0.1) is 5.92 Å². The fraction of sp³-hybridized carbons (Fsp3) is 0.571. The molecular weight excluding hydrogens is 331 g/mol. The summed E-state index contributed by atoms with van der Waals surface area (Å²) in [5.74, 6) is 0.794. The van der Waals surface area contributed by atoms with Gasteiger partial charge in [-0.2, -0.15) is 0 Å². The van der Waals surface area contributed by atoms with Crippen molar-refractivity contribution in [2.75, 3.05) is 39.8 Å². The highest BCUT2D eigenvalue weighted by atomic mass is 19.1. The lowest BCUT2D eigenvalue weighted by atomic mass is 9.94.